The molecule has 0 saturated heterocycles. The zero-order chi connectivity index (χ0) is 20.1. The molecule has 2 amide bonds. The third kappa shape index (κ3) is 3.53. The number of nitrogens with one attached hydrogen (secondary N) is 3. The Kier molecular flexibility index (Phi) is 4.91. The first-order valence-corrected chi connectivity index (χ1v) is 10.2. The predicted octanol–water partition coefficient (Wildman–Crippen LogP) is 4.20. The van der Waals surface area contributed by atoms with E-state index < -0.39 is 17.9 Å². The van der Waals surface area contributed by atoms with Gasteiger partial charge in [-0.3, -0.25) is 5.32 Å². The van der Waals surface area contributed by atoms with Gasteiger partial charge in [-0.15, -0.1) is 11.3 Å². The zero-order valence-electron chi connectivity index (χ0n) is 15.8. The number of thiophene rings is 1. The van der Waals surface area contributed by atoms with E-state index in [2.05, 4.69) is 15.6 Å². The van der Waals surface area contributed by atoms with E-state index in [0.717, 1.165) is 29.8 Å². The number of H-pyrrole nitrogens is 1. The predicted molar refractivity (Wildman–Crippen MR) is 103 cm³/mol. The van der Waals surface area contributed by atoms with Crippen molar-refractivity contribution in [3.8, 4) is 0 Å². The van der Waals surface area contributed by atoms with E-state index in [1.165, 1.54) is 10.4 Å². The molecule has 1 aliphatic heterocycles. The number of hydrogen-bond donors (Lipinski definition) is 3. The van der Waals surface area contributed by atoms with Crippen LogP contribution in [-0.2, 0) is 38.5 Å². The number of urea groups is 1. The maximum Gasteiger partial charge on any atom is 0.431 e. The molecule has 4 rings (SSSR count). The largest absolute Gasteiger partial charge is 0.431 e. The van der Waals surface area contributed by atoms with Crippen molar-refractivity contribution in [2.45, 2.75) is 51.9 Å². The van der Waals surface area contributed by atoms with Gasteiger partial charge in [-0.05, 0) is 56.3 Å². The van der Waals surface area contributed by atoms with Crippen molar-refractivity contribution in [2.75, 3.05) is 18.9 Å². The molecule has 0 radical (unpaired) electrons. The highest BCUT2D eigenvalue weighted by molar-refractivity contribution is 7.16. The number of anilines is 1. The molecule has 2 aromatic rings. The Morgan fingerprint density at radius 2 is 2.04 bits per heavy atom. The molecule has 2 aromatic heterocycles. The summed E-state index contributed by atoms with van der Waals surface area (Å²) >= 11 is 1.57. The number of fused-ring (bicyclic) bond motifs is 2. The lowest BCUT2D eigenvalue weighted by molar-refractivity contribution is -0.141. The molecule has 2 aliphatic rings. The van der Waals surface area contributed by atoms with Crippen LogP contribution in [0.4, 0.5) is 23.0 Å². The van der Waals surface area contributed by atoms with Gasteiger partial charge in [0.2, 0.25) is 0 Å². The Labute approximate surface area is 165 Å². The minimum absolute atomic E-state index is 0.149. The van der Waals surface area contributed by atoms with Gasteiger partial charge in [0, 0.05) is 35.8 Å². The number of amides is 2. The number of alkyl halides is 3. The molecular formula is C19H23F3N4OS. The van der Waals surface area contributed by atoms with E-state index >= 15 is 0 Å². The van der Waals surface area contributed by atoms with Crippen molar-refractivity contribution in [3.63, 3.8) is 0 Å². The smallest absolute Gasteiger partial charge is 0.353 e. The third-order valence-corrected chi connectivity index (χ3v) is 6.91. The Hall–Kier alpha value is -2.00. The van der Waals surface area contributed by atoms with Gasteiger partial charge in [0.05, 0.1) is 5.00 Å². The Bertz CT molecular complexity index is 915. The molecule has 0 atom stereocenters. The molecule has 3 heterocycles. The zero-order valence-corrected chi connectivity index (χ0v) is 16.7. The molecule has 0 fully saturated rings. The maximum absolute atomic E-state index is 13.5. The average Bonchev–Trinajstić information content (AvgIpc) is 3.28. The first-order valence-electron chi connectivity index (χ1n) is 9.38. The van der Waals surface area contributed by atoms with Crippen molar-refractivity contribution in [3.05, 3.63) is 38.5 Å². The summed E-state index contributed by atoms with van der Waals surface area (Å²) in [5, 5.41) is 6.23. The number of aromatic nitrogens is 1. The van der Waals surface area contributed by atoms with Crippen LogP contribution in [0, 0.1) is 6.92 Å². The number of likely N-dealkylation sites (N-methyl/N-ethyl adjacent to an activating group) is 1. The molecule has 152 valence electrons. The first-order chi connectivity index (χ1) is 13.2. The second-order valence-electron chi connectivity index (χ2n) is 7.54. The van der Waals surface area contributed by atoms with Gasteiger partial charge in [0.25, 0.3) is 0 Å². The Morgan fingerprint density at radius 1 is 1.25 bits per heavy atom. The molecule has 0 unspecified atom stereocenters. The van der Waals surface area contributed by atoms with Gasteiger partial charge in [0.1, 0.15) is 5.69 Å². The summed E-state index contributed by atoms with van der Waals surface area (Å²) in [6.45, 7) is 2.98. The van der Waals surface area contributed by atoms with E-state index in [4.69, 9.17) is 0 Å². The van der Waals surface area contributed by atoms with Crippen molar-refractivity contribution < 1.29 is 18.0 Å². The summed E-state index contributed by atoms with van der Waals surface area (Å²) in [4.78, 5) is 18.2. The summed E-state index contributed by atoms with van der Waals surface area (Å²) in [5.41, 5.74) is 3.05. The third-order valence-electron chi connectivity index (χ3n) is 5.60. The maximum atomic E-state index is 13.5. The summed E-state index contributed by atoms with van der Waals surface area (Å²) in [7, 11) is 1.88. The van der Waals surface area contributed by atoms with Crippen molar-refractivity contribution in [1.29, 1.82) is 0 Å². The van der Waals surface area contributed by atoms with Crippen LogP contribution in [0.25, 0.3) is 0 Å². The highest BCUT2D eigenvalue weighted by atomic mass is 32.1. The normalized spacial score (nSPS) is 16.8. The van der Waals surface area contributed by atoms with Crippen molar-refractivity contribution in [2.24, 2.45) is 0 Å². The van der Waals surface area contributed by atoms with E-state index in [9.17, 15) is 18.0 Å². The van der Waals surface area contributed by atoms with Gasteiger partial charge in [-0.25, -0.2) is 4.79 Å². The topological polar surface area (TPSA) is 60.2 Å². The number of carbonyl (C=O) groups excluding carboxylic acids is 1. The highest BCUT2D eigenvalue weighted by Gasteiger charge is 2.38. The van der Waals surface area contributed by atoms with Gasteiger partial charge in [-0.2, -0.15) is 13.2 Å². The molecule has 0 aromatic carbocycles. The van der Waals surface area contributed by atoms with Crippen molar-refractivity contribution >= 4 is 22.4 Å². The molecule has 1 aliphatic carbocycles. The summed E-state index contributed by atoms with van der Waals surface area (Å²) in [6, 6.07) is -0.473. The number of halogens is 3. The molecule has 5 nitrogen and oxygen atoms in total. The molecule has 0 spiro atoms. The Morgan fingerprint density at radius 3 is 2.75 bits per heavy atom. The van der Waals surface area contributed by atoms with Gasteiger partial charge < -0.3 is 15.2 Å². The van der Waals surface area contributed by atoms with E-state index in [1.54, 1.807) is 11.3 Å². The summed E-state index contributed by atoms with van der Waals surface area (Å²) in [5.74, 6) is 0. The molecule has 0 bridgehead atoms. The minimum Gasteiger partial charge on any atom is -0.353 e. The lowest BCUT2D eigenvalue weighted by Gasteiger charge is -2.23. The molecular weight excluding hydrogens is 389 g/mol. The number of aryl methyl sites for hydroxylation is 1. The SMILES string of the molecule is Cc1c(NC(=O)NCc2c(C(F)(F)F)[nH]c3c2CCN(C)C3)sc2c1CCC2. The monoisotopic (exact) mass is 412 g/mol. The number of aromatic amines is 1. The molecule has 28 heavy (non-hydrogen) atoms. The standard InChI is InChI=1S/C19H23F3N4OS/c1-10-11-4-3-5-15(11)28-17(10)25-18(27)23-8-13-12-6-7-26(2)9-14(12)24-16(13)19(20,21)22/h24H,3-9H2,1-2H3,(H2,23,25,27). The number of carbonyl (C=O) groups is 1. The van der Waals surface area contributed by atoms with E-state index in [0.29, 0.717) is 30.8 Å². The summed E-state index contributed by atoms with van der Waals surface area (Å²) in [6.07, 6.45) is -0.742. The first kappa shape index (κ1) is 19.3. The fourth-order valence-electron chi connectivity index (χ4n) is 4.16. The Balaban J connectivity index is 1.49. The van der Waals surface area contributed by atoms with Crippen LogP contribution in [0.2, 0.25) is 0 Å². The van der Waals surface area contributed by atoms with Gasteiger partial charge >= 0.3 is 12.2 Å². The van der Waals surface area contributed by atoms with E-state index in [-0.39, 0.29) is 12.1 Å². The lowest BCUT2D eigenvalue weighted by atomic mass is 10.0. The highest BCUT2D eigenvalue weighted by Crippen LogP contribution is 2.39. The van der Waals surface area contributed by atoms with Crippen LogP contribution in [-0.4, -0.2) is 29.5 Å². The van der Waals surface area contributed by atoms with Crippen LogP contribution in [0.15, 0.2) is 0 Å². The van der Waals surface area contributed by atoms with Gasteiger partial charge in [-0.1, -0.05) is 0 Å². The van der Waals surface area contributed by atoms with Crippen LogP contribution in [0.3, 0.4) is 0 Å². The second-order valence-corrected chi connectivity index (χ2v) is 8.65. The van der Waals surface area contributed by atoms with Crippen molar-refractivity contribution in [1.82, 2.24) is 15.2 Å². The van der Waals surface area contributed by atoms with Gasteiger partial charge in [0.15, 0.2) is 0 Å². The summed E-state index contributed by atoms with van der Waals surface area (Å²) < 4.78 is 40.4. The number of nitrogens with zero attached hydrogens (tertiary/aromatic N) is 1. The van der Waals surface area contributed by atoms with Crippen LogP contribution in [0.1, 0.15) is 44.9 Å². The van der Waals surface area contributed by atoms with Crippen LogP contribution >= 0.6 is 11.3 Å². The van der Waals surface area contributed by atoms with Crippen LogP contribution < -0.4 is 10.6 Å². The second kappa shape index (κ2) is 7.11. The molecule has 3 N–H and O–H groups in total. The average molecular weight is 412 g/mol. The fraction of sp³-hybridized carbons (Fsp3) is 0.526. The van der Waals surface area contributed by atoms with E-state index in [1.807, 2.05) is 18.9 Å². The minimum atomic E-state index is -4.48. The number of hydrogen-bond acceptors (Lipinski definition) is 3. The molecule has 0 saturated carbocycles. The molecule has 9 heteroatoms. The lowest BCUT2D eigenvalue weighted by Crippen LogP contribution is -2.30. The fourth-order valence-corrected chi connectivity index (χ4v) is 5.45. The quantitative estimate of drug-likeness (QED) is 0.708. The van der Waals surface area contributed by atoms with Crippen LogP contribution in [0.5, 0.6) is 0 Å². The number of rotatable bonds is 3.